The number of rotatable bonds is 10. The molecular formula is C30H45N3O6. The summed E-state index contributed by atoms with van der Waals surface area (Å²) in [4.78, 5) is 41.8. The predicted molar refractivity (Wildman–Crippen MR) is 147 cm³/mol. The van der Waals surface area contributed by atoms with Crippen molar-refractivity contribution in [3.63, 3.8) is 0 Å². The molecule has 0 radical (unpaired) electrons. The molecule has 0 atom stereocenters. The number of carboxylic acid groups (broad SMARTS) is 1. The van der Waals surface area contributed by atoms with E-state index >= 15 is 0 Å². The van der Waals surface area contributed by atoms with Crippen molar-refractivity contribution in [2.75, 3.05) is 39.3 Å². The minimum absolute atomic E-state index is 0.0884. The van der Waals surface area contributed by atoms with Crippen molar-refractivity contribution in [2.24, 2.45) is 5.41 Å². The van der Waals surface area contributed by atoms with Crippen molar-refractivity contribution in [1.82, 2.24) is 14.7 Å². The van der Waals surface area contributed by atoms with E-state index in [4.69, 9.17) is 9.47 Å². The number of benzene rings is 1. The fraction of sp³-hybridized carbons (Fsp3) is 0.700. The summed E-state index contributed by atoms with van der Waals surface area (Å²) in [5.74, 6) is 0. The van der Waals surface area contributed by atoms with Crippen LogP contribution in [-0.4, -0.2) is 83.5 Å². The quantitative estimate of drug-likeness (QED) is 0.357. The maximum absolute atomic E-state index is 12.4. The van der Waals surface area contributed by atoms with Crippen LogP contribution in [0.5, 0.6) is 0 Å². The van der Waals surface area contributed by atoms with E-state index in [0.29, 0.717) is 44.5 Å². The number of amides is 3. The zero-order chi connectivity index (χ0) is 27.5. The number of likely N-dealkylation sites (tertiary alicyclic amines) is 2. The topological polar surface area (TPSA) is 99.6 Å². The van der Waals surface area contributed by atoms with Crippen LogP contribution in [0.25, 0.3) is 0 Å². The summed E-state index contributed by atoms with van der Waals surface area (Å²) in [6.45, 7) is 3.75. The second-order valence-electron chi connectivity index (χ2n) is 11.5. The van der Waals surface area contributed by atoms with E-state index in [-0.39, 0.29) is 24.8 Å². The van der Waals surface area contributed by atoms with Crippen molar-refractivity contribution in [3.8, 4) is 0 Å². The minimum atomic E-state index is -0.907. The molecule has 3 fully saturated rings. The molecule has 9 nitrogen and oxygen atoms in total. The zero-order valence-electron chi connectivity index (χ0n) is 23.2. The summed E-state index contributed by atoms with van der Waals surface area (Å²) >= 11 is 0. The number of hydrogen-bond donors (Lipinski definition) is 1. The Balaban J connectivity index is 1.05. The van der Waals surface area contributed by atoms with E-state index in [1.165, 1.54) is 30.6 Å². The van der Waals surface area contributed by atoms with Crippen molar-refractivity contribution in [2.45, 2.75) is 89.7 Å². The summed E-state index contributed by atoms with van der Waals surface area (Å²) in [5.41, 5.74) is 1.43. The first-order chi connectivity index (χ1) is 19.0. The summed E-state index contributed by atoms with van der Waals surface area (Å²) in [5, 5.41) is 9.76. The highest BCUT2D eigenvalue weighted by molar-refractivity contribution is 5.68. The fourth-order valence-electron chi connectivity index (χ4n) is 6.38. The van der Waals surface area contributed by atoms with Gasteiger partial charge in [-0.25, -0.2) is 14.4 Å². The Hall–Kier alpha value is -2.97. The van der Waals surface area contributed by atoms with Gasteiger partial charge in [-0.2, -0.15) is 0 Å². The van der Waals surface area contributed by atoms with E-state index in [0.717, 1.165) is 57.2 Å². The molecule has 3 aliphatic rings. The van der Waals surface area contributed by atoms with Crippen LogP contribution < -0.4 is 0 Å². The highest BCUT2D eigenvalue weighted by atomic mass is 16.6. The number of carbonyl (C=O) groups is 3. The van der Waals surface area contributed by atoms with Gasteiger partial charge in [0.05, 0.1) is 6.61 Å². The van der Waals surface area contributed by atoms with E-state index in [2.05, 4.69) is 0 Å². The first-order valence-corrected chi connectivity index (χ1v) is 14.8. The van der Waals surface area contributed by atoms with Gasteiger partial charge in [-0.05, 0) is 68.8 Å². The molecule has 1 saturated carbocycles. The standard InChI is InChI=1S/C30H45N3O6/c34-27(35)33(26-12-19-31(20-13-26)29(37)39-24-25-10-4-3-5-11-25)18-8-1-2-9-23-38-28(36)32-21-16-30(17-22-32)14-6-7-15-30/h3-5,10-11,26H,1-2,6-9,12-24H2,(H,34,35). The van der Waals surface area contributed by atoms with Gasteiger partial charge >= 0.3 is 18.3 Å². The zero-order valence-corrected chi connectivity index (χ0v) is 23.2. The van der Waals surface area contributed by atoms with Crippen LogP contribution in [0.15, 0.2) is 30.3 Å². The minimum Gasteiger partial charge on any atom is -0.465 e. The highest BCUT2D eigenvalue weighted by Crippen LogP contribution is 2.46. The molecule has 0 unspecified atom stereocenters. The average molecular weight is 544 g/mol. The van der Waals surface area contributed by atoms with E-state index in [1.54, 1.807) is 4.90 Å². The summed E-state index contributed by atoms with van der Waals surface area (Å²) in [6, 6.07) is 9.47. The van der Waals surface area contributed by atoms with E-state index in [1.807, 2.05) is 35.2 Å². The van der Waals surface area contributed by atoms with Gasteiger partial charge in [0.1, 0.15) is 6.61 Å². The average Bonchev–Trinajstić information content (AvgIpc) is 3.41. The molecule has 1 aromatic rings. The first kappa shape index (κ1) is 29.0. The molecule has 1 spiro atoms. The maximum atomic E-state index is 12.4. The molecule has 3 amide bonds. The lowest BCUT2D eigenvalue weighted by Gasteiger charge is -2.38. The Labute approximate surface area is 232 Å². The Morgan fingerprint density at radius 3 is 2.10 bits per heavy atom. The van der Waals surface area contributed by atoms with Gasteiger partial charge in [0, 0.05) is 38.8 Å². The van der Waals surface area contributed by atoms with Gasteiger partial charge in [0.2, 0.25) is 0 Å². The third-order valence-corrected chi connectivity index (χ3v) is 8.88. The maximum Gasteiger partial charge on any atom is 0.410 e. The molecule has 0 bridgehead atoms. The summed E-state index contributed by atoms with van der Waals surface area (Å²) in [6.07, 6.45) is 10.7. The summed E-state index contributed by atoms with van der Waals surface area (Å²) < 4.78 is 10.9. The van der Waals surface area contributed by atoms with Gasteiger partial charge in [-0.15, -0.1) is 0 Å². The van der Waals surface area contributed by atoms with Crippen LogP contribution in [0.3, 0.4) is 0 Å². The third kappa shape index (κ3) is 8.51. The van der Waals surface area contributed by atoms with Crippen LogP contribution in [0.1, 0.15) is 82.6 Å². The van der Waals surface area contributed by atoms with E-state index in [9.17, 15) is 19.5 Å². The molecule has 0 aromatic heterocycles. The van der Waals surface area contributed by atoms with Crippen molar-refractivity contribution >= 4 is 18.3 Å². The second-order valence-corrected chi connectivity index (χ2v) is 11.5. The van der Waals surface area contributed by atoms with Gasteiger partial charge in [0.25, 0.3) is 0 Å². The molecule has 4 rings (SSSR count). The molecule has 1 aliphatic carbocycles. The second kappa shape index (κ2) is 14.4. The van der Waals surface area contributed by atoms with Gasteiger partial charge < -0.3 is 29.3 Å². The number of piperidine rings is 2. The molecule has 39 heavy (non-hydrogen) atoms. The Bertz CT molecular complexity index is 918. The first-order valence-electron chi connectivity index (χ1n) is 14.8. The Kier molecular flexibility index (Phi) is 10.7. The van der Waals surface area contributed by atoms with Crippen molar-refractivity contribution in [3.05, 3.63) is 35.9 Å². The van der Waals surface area contributed by atoms with Gasteiger partial charge in [-0.1, -0.05) is 49.6 Å². The smallest absolute Gasteiger partial charge is 0.410 e. The normalized spacial score (nSPS) is 19.2. The SMILES string of the molecule is O=C(OCCCCCCN(C(=O)O)C1CCN(C(=O)OCc2ccccc2)CC1)N1CCC2(CCCC2)CC1. The highest BCUT2D eigenvalue weighted by Gasteiger charge is 2.38. The number of ether oxygens (including phenoxy) is 2. The molecule has 2 aliphatic heterocycles. The Morgan fingerprint density at radius 1 is 0.821 bits per heavy atom. The molecule has 1 N–H and O–H groups in total. The molecule has 2 heterocycles. The van der Waals surface area contributed by atoms with Crippen LogP contribution in [0.2, 0.25) is 0 Å². The fourth-order valence-corrected chi connectivity index (χ4v) is 6.38. The number of carbonyl (C=O) groups excluding carboxylic acids is 2. The lowest BCUT2D eigenvalue weighted by atomic mass is 9.77. The number of hydrogen-bond acceptors (Lipinski definition) is 5. The molecule has 1 aromatic carbocycles. The van der Waals surface area contributed by atoms with Crippen LogP contribution in [-0.2, 0) is 16.1 Å². The molecule has 2 saturated heterocycles. The number of nitrogens with zero attached hydrogens (tertiary/aromatic N) is 3. The van der Waals surface area contributed by atoms with Crippen molar-refractivity contribution in [1.29, 1.82) is 0 Å². The Morgan fingerprint density at radius 2 is 1.44 bits per heavy atom. The summed E-state index contributed by atoms with van der Waals surface area (Å²) in [7, 11) is 0. The predicted octanol–water partition coefficient (Wildman–Crippen LogP) is 6.12. The molecular weight excluding hydrogens is 498 g/mol. The van der Waals surface area contributed by atoms with Crippen LogP contribution in [0, 0.1) is 5.41 Å². The van der Waals surface area contributed by atoms with Gasteiger partial charge in [0.15, 0.2) is 0 Å². The van der Waals surface area contributed by atoms with Crippen LogP contribution >= 0.6 is 0 Å². The number of unbranched alkanes of at least 4 members (excludes halogenated alkanes) is 3. The lowest BCUT2D eigenvalue weighted by molar-refractivity contribution is 0.0636. The molecule has 9 heteroatoms. The monoisotopic (exact) mass is 543 g/mol. The third-order valence-electron chi connectivity index (χ3n) is 8.88. The molecule has 216 valence electrons. The van der Waals surface area contributed by atoms with Crippen molar-refractivity contribution < 1.29 is 29.0 Å². The van der Waals surface area contributed by atoms with Gasteiger partial charge in [-0.3, -0.25) is 0 Å². The lowest BCUT2D eigenvalue weighted by Crippen LogP contribution is -2.48. The van der Waals surface area contributed by atoms with Crippen LogP contribution in [0.4, 0.5) is 14.4 Å². The largest absolute Gasteiger partial charge is 0.465 e. The van der Waals surface area contributed by atoms with E-state index < -0.39 is 6.09 Å².